The molecule has 0 aliphatic heterocycles. The number of allylic oxidation sites excluding steroid dienone is 1. The summed E-state index contributed by atoms with van der Waals surface area (Å²) in [5, 5.41) is 1.16. The summed E-state index contributed by atoms with van der Waals surface area (Å²) in [6.45, 7) is 7.47. The Kier molecular flexibility index (Phi) is 3.87. The summed E-state index contributed by atoms with van der Waals surface area (Å²) in [6, 6.07) is 13.1. The zero-order valence-corrected chi connectivity index (χ0v) is 15.2. The number of hydrogen-bond donors (Lipinski definition) is 0. The van der Waals surface area contributed by atoms with Crippen molar-refractivity contribution in [2.45, 2.75) is 27.3 Å². The first-order valence-corrected chi connectivity index (χ1v) is 8.95. The van der Waals surface area contributed by atoms with E-state index in [0.29, 0.717) is 17.0 Å². The highest BCUT2D eigenvalue weighted by Gasteiger charge is 2.32. The minimum absolute atomic E-state index is 0.181. The molecule has 3 aromatic rings. The van der Waals surface area contributed by atoms with Crippen LogP contribution in [0.2, 0.25) is 0 Å². The maximum Gasteiger partial charge on any atom is 0.197 e. The molecule has 1 aliphatic carbocycles. The second-order valence-corrected chi connectivity index (χ2v) is 7.40. The fourth-order valence-corrected chi connectivity index (χ4v) is 3.70. The standard InChI is InChI=1S/C23H21NO2/c1-14(2)12-24-13-15(3)19-10-16(8-9-21(19)24)11-20-22(25)17-6-4-5-7-18(17)23(20)26/h4-11,13-14H,12H2,1-3H3. The lowest BCUT2D eigenvalue weighted by Crippen LogP contribution is -2.02. The lowest BCUT2D eigenvalue weighted by Gasteiger charge is -2.08. The van der Waals surface area contributed by atoms with E-state index in [-0.39, 0.29) is 17.1 Å². The van der Waals surface area contributed by atoms with Crippen molar-refractivity contribution in [1.82, 2.24) is 4.57 Å². The van der Waals surface area contributed by atoms with Gasteiger partial charge < -0.3 is 4.57 Å². The minimum Gasteiger partial charge on any atom is -0.347 e. The topological polar surface area (TPSA) is 39.1 Å². The lowest BCUT2D eigenvalue weighted by atomic mass is 10.0. The number of benzene rings is 2. The number of ketones is 2. The summed E-state index contributed by atoms with van der Waals surface area (Å²) in [7, 11) is 0. The van der Waals surface area contributed by atoms with Gasteiger partial charge in [-0.1, -0.05) is 44.2 Å². The Morgan fingerprint density at radius 3 is 2.27 bits per heavy atom. The van der Waals surface area contributed by atoms with E-state index in [2.05, 4.69) is 43.7 Å². The number of aromatic nitrogens is 1. The second kappa shape index (κ2) is 6.10. The number of rotatable bonds is 3. The zero-order chi connectivity index (χ0) is 18.4. The maximum atomic E-state index is 12.6. The predicted octanol–water partition coefficient (Wildman–Crippen LogP) is 5.07. The van der Waals surface area contributed by atoms with Gasteiger partial charge in [0.1, 0.15) is 0 Å². The van der Waals surface area contributed by atoms with Crippen LogP contribution < -0.4 is 0 Å². The molecule has 26 heavy (non-hydrogen) atoms. The largest absolute Gasteiger partial charge is 0.347 e. The highest BCUT2D eigenvalue weighted by Crippen LogP contribution is 2.29. The van der Waals surface area contributed by atoms with E-state index in [9.17, 15) is 9.59 Å². The highest BCUT2D eigenvalue weighted by molar-refractivity contribution is 6.41. The van der Waals surface area contributed by atoms with Crippen molar-refractivity contribution in [3.63, 3.8) is 0 Å². The van der Waals surface area contributed by atoms with E-state index in [1.165, 1.54) is 11.1 Å². The summed E-state index contributed by atoms with van der Waals surface area (Å²) < 4.78 is 2.27. The maximum absolute atomic E-state index is 12.6. The average molecular weight is 343 g/mol. The molecule has 0 amide bonds. The monoisotopic (exact) mass is 343 g/mol. The summed E-state index contributed by atoms with van der Waals surface area (Å²) in [5.74, 6) is 0.207. The fraction of sp³-hybridized carbons (Fsp3) is 0.217. The van der Waals surface area contributed by atoms with E-state index >= 15 is 0 Å². The van der Waals surface area contributed by atoms with Gasteiger partial charge in [-0.3, -0.25) is 9.59 Å². The molecule has 0 N–H and O–H groups in total. The summed E-state index contributed by atoms with van der Waals surface area (Å²) in [5.41, 5.74) is 4.53. The molecule has 0 unspecified atom stereocenters. The lowest BCUT2D eigenvalue weighted by molar-refractivity contribution is 0.0990. The van der Waals surface area contributed by atoms with Gasteiger partial charge in [-0.15, -0.1) is 0 Å². The number of Topliss-reactive ketones (excluding diaryl/α,β-unsaturated/α-hetero) is 2. The molecule has 2 aromatic carbocycles. The van der Waals surface area contributed by atoms with Crippen molar-refractivity contribution < 1.29 is 9.59 Å². The molecule has 4 rings (SSSR count). The molecular weight excluding hydrogens is 322 g/mol. The van der Waals surface area contributed by atoms with Crippen molar-refractivity contribution in [2.75, 3.05) is 0 Å². The molecule has 0 saturated heterocycles. The molecule has 130 valence electrons. The van der Waals surface area contributed by atoms with Crippen LogP contribution in [0, 0.1) is 12.8 Å². The number of carbonyl (C=O) groups excluding carboxylic acids is 2. The Morgan fingerprint density at radius 2 is 1.65 bits per heavy atom. The van der Waals surface area contributed by atoms with E-state index in [0.717, 1.165) is 17.5 Å². The second-order valence-electron chi connectivity index (χ2n) is 7.40. The SMILES string of the molecule is Cc1cn(CC(C)C)c2ccc(C=C3C(=O)c4ccccc4C3=O)cc12. The molecule has 3 nitrogen and oxygen atoms in total. The molecule has 1 heterocycles. The Bertz CT molecular complexity index is 1050. The van der Waals surface area contributed by atoms with Crippen LogP contribution in [0.15, 0.2) is 54.2 Å². The van der Waals surface area contributed by atoms with E-state index in [1.807, 2.05) is 6.07 Å². The average Bonchev–Trinajstić information content (AvgIpc) is 3.04. The van der Waals surface area contributed by atoms with Crippen LogP contribution in [-0.4, -0.2) is 16.1 Å². The zero-order valence-electron chi connectivity index (χ0n) is 15.2. The Labute approximate surface area is 153 Å². The van der Waals surface area contributed by atoms with Crippen LogP contribution in [0.3, 0.4) is 0 Å². The van der Waals surface area contributed by atoms with Gasteiger partial charge >= 0.3 is 0 Å². The van der Waals surface area contributed by atoms with Crippen LogP contribution in [0.25, 0.3) is 17.0 Å². The first-order chi connectivity index (χ1) is 12.5. The molecular formula is C23H21NO2. The van der Waals surface area contributed by atoms with Crippen LogP contribution in [-0.2, 0) is 6.54 Å². The van der Waals surface area contributed by atoms with Gasteiger partial charge in [-0.25, -0.2) is 0 Å². The van der Waals surface area contributed by atoms with E-state index in [1.54, 1.807) is 30.3 Å². The molecule has 0 bridgehead atoms. The third-order valence-electron chi connectivity index (χ3n) is 4.88. The normalized spacial score (nSPS) is 13.8. The van der Waals surface area contributed by atoms with Crippen LogP contribution in [0.1, 0.15) is 45.7 Å². The Morgan fingerprint density at radius 1 is 1.00 bits per heavy atom. The molecule has 3 heteroatoms. The molecule has 0 saturated carbocycles. The minimum atomic E-state index is -0.181. The quantitative estimate of drug-likeness (QED) is 0.492. The van der Waals surface area contributed by atoms with E-state index < -0.39 is 0 Å². The van der Waals surface area contributed by atoms with Crippen molar-refractivity contribution in [3.05, 3.63) is 76.5 Å². The molecule has 0 atom stereocenters. The van der Waals surface area contributed by atoms with Gasteiger partial charge in [0.05, 0.1) is 5.57 Å². The van der Waals surface area contributed by atoms with Crippen LogP contribution >= 0.6 is 0 Å². The van der Waals surface area contributed by atoms with E-state index in [4.69, 9.17) is 0 Å². The van der Waals surface area contributed by atoms with Crippen molar-refractivity contribution >= 4 is 28.5 Å². The first-order valence-electron chi connectivity index (χ1n) is 8.95. The smallest absolute Gasteiger partial charge is 0.197 e. The number of fused-ring (bicyclic) bond motifs is 2. The van der Waals surface area contributed by atoms with Gasteiger partial charge in [0, 0.05) is 34.8 Å². The molecule has 0 fully saturated rings. The Hall–Kier alpha value is -2.94. The molecule has 1 aliphatic rings. The van der Waals surface area contributed by atoms with Gasteiger partial charge in [0.15, 0.2) is 11.6 Å². The third-order valence-corrected chi connectivity index (χ3v) is 4.88. The number of hydrogen-bond acceptors (Lipinski definition) is 2. The summed E-state index contributed by atoms with van der Waals surface area (Å²) >= 11 is 0. The fourth-order valence-electron chi connectivity index (χ4n) is 3.70. The molecule has 1 aromatic heterocycles. The van der Waals surface area contributed by atoms with Crippen molar-refractivity contribution in [3.8, 4) is 0 Å². The number of nitrogens with zero attached hydrogens (tertiary/aromatic N) is 1. The summed E-state index contributed by atoms with van der Waals surface area (Å²) in [4.78, 5) is 25.1. The number of carbonyl (C=O) groups is 2. The molecule has 0 spiro atoms. The number of aryl methyl sites for hydroxylation is 1. The molecule has 0 radical (unpaired) electrons. The predicted molar refractivity (Wildman–Crippen MR) is 105 cm³/mol. The Balaban J connectivity index is 1.77. The van der Waals surface area contributed by atoms with Gasteiger partial charge in [0.2, 0.25) is 0 Å². The van der Waals surface area contributed by atoms with Crippen LogP contribution in [0.4, 0.5) is 0 Å². The van der Waals surface area contributed by atoms with Crippen LogP contribution in [0.5, 0.6) is 0 Å². The summed E-state index contributed by atoms with van der Waals surface area (Å²) in [6.07, 6.45) is 3.90. The van der Waals surface area contributed by atoms with Crippen molar-refractivity contribution in [1.29, 1.82) is 0 Å². The highest BCUT2D eigenvalue weighted by atomic mass is 16.2. The van der Waals surface area contributed by atoms with Gasteiger partial charge in [-0.2, -0.15) is 0 Å². The van der Waals surface area contributed by atoms with Crippen molar-refractivity contribution in [2.24, 2.45) is 5.92 Å². The first kappa shape index (κ1) is 16.5. The van der Waals surface area contributed by atoms with Gasteiger partial charge in [0.25, 0.3) is 0 Å². The third kappa shape index (κ3) is 2.60. The van der Waals surface area contributed by atoms with Gasteiger partial charge in [-0.05, 0) is 42.2 Å².